The number of amides is 1. The summed E-state index contributed by atoms with van der Waals surface area (Å²) in [7, 11) is 0. The summed E-state index contributed by atoms with van der Waals surface area (Å²) in [4.78, 5) is 23.8. The van der Waals surface area contributed by atoms with Gasteiger partial charge in [0, 0.05) is 6.54 Å². The molecule has 184 valence electrons. The molecule has 0 aliphatic carbocycles. The third-order valence-corrected chi connectivity index (χ3v) is 6.91. The van der Waals surface area contributed by atoms with Crippen LogP contribution >= 0.6 is 0 Å². The van der Waals surface area contributed by atoms with Crippen LogP contribution in [0.25, 0.3) is 11.3 Å². The van der Waals surface area contributed by atoms with Gasteiger partial charge in [-0.3, -0.25) is 4.79 Å². The van der Waals surface area contributed by atoms with Crippen molar-refractivity contribution in [2.75, 3.05) is 6.54 Å². The van der Waals surface area contributed by atoms with E-state index in [1.807, 2.05) is 96.0 Å². The van der Waals surface area contributed by atoms with Crippen molar-refractivity contribution < 1.29 is 9.53 Å². The number of aromatic amines is 1. The van der Waals surface area contributed by atoms with Crippen molar-refractivity contribution in [3.8, 4) is 17.0 Å². The number of benzene rings is 3. The van der Waals surface area contributed by atoms with Crippen molar-refractivity contribution >= 4 is 5.91 Å². The number of nitrogens with two attached hydrogens (primary N) is 1. The molecule has 0 radical (unpaired) electrons. The van der Waals surface area contributed by atoms with E-state index in [2.05, 4.69) is 9.97 Å². The van der Waals surface area contributed by atoms with Crippen molar-refractivity contribution in [2.24, 2.45) is 5.73 Å². The van der Waals surface area contributed by atoms with Gasteiger partial charge in [-0.15, -0.1) is 0 Å². The van der Waals surface area contributed by atoms with Crippen molar-refractivity contribution in [2.45, 2.75) is 44.4 Å². The Bertz CT molecular complexity index is 1280. The Morgan fingerprint density at radius 1 is 1.03 bits per heavy atom. The van der Waals surface area contributed by atoms with Crippen LogP contribution in [0.1, 0.15) is 49.2 Å². The number of likely N-dealkylation sites (tertiary alicyclic amines) is 1. The molecule has 1 aromatic heterocycles. The third-order valence-electron chi connectivity index (χ3n) is 6.91. The lowest BCUT2D eigenvalue weighted by Gasteiger charge is -2.39. The number of imidazole rings is 1. The molecule has 4 aromatic rings. The van der Waals surface area contributed by atoms with Crippen molar-refractivity contribution in [3.05, 3.63) is 108 Å². The molecule has 1 aliphatic rings. The standard InChI is InChI=1S/C30H32N4O2/c1-30(31,24-15-17-25(18-16-24)36-21-22-10-4-2-5-11-22)29(35)34-19-9-8-14-27(34)28-32-20-26(33-28)23-12-6-3-7-13-23/h2-7,10-13,15-18,20,27H,8-9,14,19,21,31H2,1H3,(H,32,33)/t27-,30-/m0/s1. The molecule has 6 heteroatoms. The molecule has 1 aliphatic heterocycles. The Hall–Kier alpha value is -3.90. The third kappa shape index (κ3) is 5.04. The summed E-state index contributed by atoms with van der Waals surface area (Å²) in [5.74, 6) is 1.45. The molecule has 0 unspecified atom stereocenters. The van der Waals surface area contributed by atoms with Gasteiger partial charge >= 0.3 is 0 Å². The lowest BCUT2D eigenvalue weighted by Crippen LogP contribution is -2.53. The van der Waals surface area contributed by atoms with Gasteiger partial charge in [-0.1, -0.05) is 72.8 Å². The number of nitrogens with zero attached hydrogens (tertiary/aromatic N) is 2. The van der Waals surface area contributed by atoms with Crippen molar-refractivity contribution in [3.63, 3.8) is 0 Å². The molecule has 6 nitrogen and oxygen atoms in total. The maximum Gasteiger partial charge on any atom is 0.247 e. The Kier molecular flexibility index (Phi) is 6.87. The van der Waals surface area contributed by atoms with Gasteiger partial charge < -0.3 is 20.4 Å². The molecule has 3 N–H and O–H groups in total. The second-order valence-corrected chi connectivity index (χ2v) is 9.56. The lowest BCUT2D eigenvalue weighted by molar-refractivity contribution is -0.141. The Labute approximate surface area is 212 Å². The van der Waals surface area contributed by atoms with Gasteiger partial charge in [0.2, 0.25) is 5.91 Å². The predicted molar refractivity (Wildman–Crippen MR) is 141 cm³/mol. The van der Waals surface area contributed by atoms with E-state index in [4.69, 9.17) is 10.5 Å². The van der Waals surface area contributed by atoms with Gasteiger partial charge in [-0.05, 0) is 55.0 Å². The van der Waals surface area contributed by atoms with E-state index in [-0.39, 0.29) is 11.9 Å². The van der Waals surface area contributed by atoms with Crippen molar-refractivity contribution in [1.29, 1.82) is 0 Å². The Morgan fingerprint density at radius 2 is 1.72 bits per heavy atom. The number of ether oxygens (including phenoxy) is 1. The van der Waals surface area contributed by atoms with E-state index >= 15 is 0 Å². The molecule has 0 bridgehead atoms. The number of aromatic nitrogens is 2. The lowest BCUT2D eigenvalue weighted by atomic mass is 9.89. The maximum atomic E-state index is 13.8. The minimum atomic E-state index is -1.16. The zero-order valence-electron chi connectivity index (χ0n) is 20.6. The summed E-state index contributed by atoms with van der Waals surface area (Å²) in [6, 6.07) is 27.5. The average Bonchev–Trinajstić information content (AvgIpc) is 3.43. The first-order chi connectivity index (χ1) is 17.5. The van der Waals surface area contributed by atoms with Crippen molar-refractivity contribution in [1.82, 2.24) is 14.9 Å². The fourth-order valence-electron chi connectivity index (χ4n) is 4.79. The van der Waals surface area contributed by atoms with Crippen LogP contribution in [0, 0.1) is 0 Å². The van der Waals surface area contributed by atoms with E-state index in [9.17, 15) is 4.79 Å². The number of hydrogen-bond donors (Lipinski definition) is 2. The molecule has 36 heavy (non-hydrogen) atoms. The van der Waals surface area contributed by atoms with Crippen LogP contribution in [-0.4, -0.2) is 27.3 Å². The fourth-order valence-corrected chi connectivity index (χ4v) is 4.79. The monoisotopic (exact) mass is 480 g/mol. The van der Waals surface area contributed by atoms with E-state index in [0.29, 0.717) is 13.2 Å². The molecule has 2 atom stereocenters. The number of H-pyrrole nitrogens is 1. The predicted octanol–water partition coefficient (Wildman–Crippen LogP) is 5.58. The van der Waals surface area contributed by atoms with Crippen LogP contribution in [0.4, 0.5) is 0 Å². The summed E-state index contributed by atoms with van der Waals surface area (Å²) in [5, 5.41) is 0. The molecule has 3 aromatic carbocycles. The zero-order valence-corrected chi connectivity index (χ0v) is 20.6. The number of rotatable bonds is 7. The number of nitrogens with one attached hydrogen (secondary N) is 1. The van der Waals surface area contributed by atoms with E-state index in [1.54, 1.807) is 6.92 Å². The highest BCUT2D eigenvalue weighted by Gasteiger charge is 2.39. The minimum Gasteiger partial charge on any atom is -0.489 e. The second kappa shape index (κ2) is 10.4. The van der Waals surface area contributed by atoms with E-state index < -0.39 is 5.54 Å². The molecule has 1 saturated heterocycles. The highest BCUT2D eigenvalue weighted by molar-refractivity contribution is 5.87. The van der Waals surface area contributed by atoms with Crippen LogP contribution in [0.5, 0.6) is 5.75 Å². The number of piperidine rings is 1. The summed E-state index contributed by atoms with van der Waals surface area (Å²) >= 11 is 0. The molecule has 5 rings (SSSR count). The van der Waals surface area contributed by atoms with E-state index in [0.717, 1.165) is 53.2 Å². The zero-order chi connectivity index (χ0) is 25.0. The highest BCUT2D eigenvalue weighted by Crippen LogP contribution is 2.34. The van der Waals surface area contributed by atoms with E-state index in [1.165, 1.54) is 0 Å². The first-order valence-electron chi connectivity index (χ1n) is 12.5. The number of hydrogen-bond acceptors (Lipinski definition) is 4. The fraction of sp³-hybridized carbons (Fsp3) is 0.267. The molecule has 2 heterocycles. The summed E-state index contributed by atoms with van der Waals surface area (Å²) < 4.78 is 5.90. The average molecular weight is 481 g/mol. The van der Waals surface area contributed by atoms with Crippen LogP contribution in [0.3, 0.4) is 0 Å². The van der Waals surface area contributed by atoms with Crippen LogP contribution in [-0.2, 0) is 16.9 Å². The second-order valence-electron chi connectivity index (χ2n) is 9.56. The first-order valence-corrected chi connectivity index (χ1v) is 12.5. The van der Waals surface area contributed by atoms with Gasteiger partial charge in [-0.25, -0.2) is 4.98 Å². The normalized spacial score (nSPS) is 17.4. The van der Waals surface area contributed by atoms with Crippen LogP contribution < -0.4 is 10.5 Å². The molecule has 0 spiro atoms. The topological polar surface area (TPSA) is 84.2 Å². The van der Waals surface area contributed by atoms with Gasteiger partial charge in [0.1, 0.15) is 23.7 Å². The molecule has 0 saturated carbocycles. The van der Waals surface area contributed by atoms with Gasteiger partial charge in [0.25, 0.3) is 0 Å². The van der Waals surface area contributed by atoms with Crippen LogP contribution in [0.2, 0.25) is 0 Å². The summed E-state index contributed by atoms with van der Waals surface area (Å²) in [6.45, 7) is 2.94. The number of carbonyl (C=O) groups is 1. The summed E-state index contributed by atoms with van der Waals surface area (Å²) in [5.41, 5.74) is 9.42. The smallest absolute Gasteiger partial charge is 0.247 e. The minimum absolute atomic E-state index is 0.0946. The molecule has 1 amide bonds. The maximum absolute atomic E-state index is 13.8. The largest absolute Gasteiger partial charge is 0.489 e. The quantitative estimate of drug-likeness (QED) is 0.361. The first kappa shape index (κ1) is 23.8. The SMILES string of the molecule is C[C@@](N)(C(=O)N1CCCC[C@H]1c1ncc(-c2ccccc2)[nH]1)c1ccc(OCc2ccccc2)cc1. The Balaban J connectivity index is 1.31. The van der Waals surface area contributed by atoms with Gasteiger partial charge in [0.15, 0.2) is 0 Å². The molecule has 1 fully saturated rings. The summed E-state index contributed by atoms with van der Waals surface area (Å²) in [6.07, 6.45) is 4.70. The highest BCUT2D eigenvalue weighted by atomic mass is 16.5. The Morgan fingerprint density at radius 3 is 2.44 bits per heavy atom. The number of carbonyl (C=O) groups excluding carboxylic acids is 1. The molecular formula is C30H32N4O2. The van der Waals surface area contributed by atoms with Crippen LogP contribution in [0.15, 0.2) is 91.1 Å². The molecular weight excluding hydrogens is 448 g/mol. The van der Waals surface area contributed by atoms with Gasteiger partial charge in [0.05, 0.1) is 17.9 Å². The van der Waals surface area contributed by atoms with Gasteiger partial charge in [-0.2, -0.15) is 0 Å².